The first-order valence-corrected chi connectivity index (χ1v) is 2.67. The SMILES string of the molecule is CC1(C(F)(F)F)N=NC(=O)N1. The molecule has 0 radical (unpaired) electrons. The van der Waals surface area contributed by atoms with E-state index in [4.69, 9.17) is 0 Å². The fraction of sp³-hybridized carbons (Fsp3) is 0.750. The summed E-state index contributed by atoms with van der Waals surface area (Å²) in [5.74, 6) is 0. The van der Waals surface area contributed by atoms with E-state index in [0.717, 1.165) is 6.92 Å². The number of hydrogen-bond acceptors (Lipinski definition) is 2. The Morgan fingerprint density at radius 2 is 2.09 bits per heavy atom. The highest BCUT2D eigenvalue weighted by atomic mass is 19.4. The molecular weight excluding hydrogens is 163 g/mol. The summed E-state index contributed by atoms with van der Waals surface area (Å²) in [6, 6.07) is -1.06. The molecule has 0 spiro atoms. The van der Waals surface area contributed by atoms with E-state index in [1.807, 2.05) is 0 Å². The molecule has 4 nitrogen and oxygen atoms in total. The molecule has 1 aliphatic heterocycles. The number of halogens is 3. The maximum atomic E-state index is 11.9. The molecule has 1 unspecified atom stereocenters. The Morgan fingerprint density at radius 1 is 1.55 bits per heavy atom. The number of amides is 2. The van der Waals surface area contributed by atoms with Crippen LogP contribution in [-0.4, -0.2) is 17.9 Å². The molecule has 1 atom stereocenters. The summed E-state index contributed by atoms with van der Waals surface area (Å²) in [4.78, 5) is 10.2. The van der Waals surface area contributed by atoms with Crippen molar-refractivity contribution in [2.45, 2.75) is 18.8 Å². The van der Waals surface area contributed by atoms with Crippen LogP contribution in [-0.2, 0) is 0 Å². The molecule has 1 rings (SSSR count). The third-order valence-corrected chi connectivity index (χ3v) is 1.24. The van der Waals surface area contributed by atoms with Crippen molar-refractivity contribution in [3.63, 3.8) is 0 Å². The maximum Gasteiger partial charge on any atom is 0.433 e. The maximum absolute atomic E-state index is 11.9. The molecule has 0 saturated heterocycles. The average molecular weight is 167 g/mol. The Labute approximate surface area is 59.5 Å². The number of alkyl halides is 3. The van der Waals surface area contributed by atoms with Crippen molar-refractivity contribution in [3.05, 3.63) is 0 Å². The van der Waals surface area contributed by atoms with Crippen molar-refractivity contribution in [2.24, 2.45) is 10.2 Å². The van der Waals surface area contributed by atoms with Gasteiger partial charge in [0, 0.05) is 0 Å². The minimum Gasteiger partial charge on any atom is -0.301 e. The first-order chi connectivity index (χ1) is 4.85. The summed E-state index contributed by atoms with van der Waals surface area (Å²) in [6.07, 6.45) is -4.59. The first-order valence-electron chi connectivity index (χ1n) is 2.67. The van der Waals surface area contributed by atoms with Crippen molar-refractivity contribution in [2.75, 3.05) is 0 Å². The van der Waals surface area contributed by atoms with Gasteiger partial charge in [-0.05, 0) is 6.92 Å². The molecule has 0 saturated carbocycles. The average Bonchev–Trinajstić information content (AvgIpc) is 2.10. The Bertz CT molecular complexity index is 223. The second-order valence-corrected chi connectivity index (χ2v) is 2.20. The van der Waals surface area contributed by atoms with E-state index < -0.39 is 17.9 Å². The third kappa shape index (κ3) is 1.17. The predicted molar refractivity (Wildman–Crippen MR) is 27.8 cm³/mol. The molecule has 0 aromatic heterocycles. The van der Waals surface area contributed by atoms with Crippen LogP contribution in [0.4, 0.5) is 18.0 Å². The molecule has 0 bridgehead atoms. The molecule has 1 heterocycles. The van der Waals surface area contributed by atoms with E-state index in [2.05, 4.69) is 10.2 Å². The summed E-state index contributed by atoms with van der Waals surface area (Å²) in [5.41, 5.74) is -2.54. The van der Waals surface area contributed by atoms with Crippen LogP contribution in [0.25, 0.3) is 0 Å². The van der Waals surface area contributed by atoms with Crippen LogP contribution >= 0.6 is 0 Å². The molecule has 0 aliphatic carbocycles. The molecule has 0 aromatic carbocycles. The molecular formula is C4H4F3N3O. The Hall–Kier alpha value is -1.14. The van der Waals surface area contributed by atoms with Crippen LogP contribution in [0, 0.1) is 0 Å². The van der Waals surface area contributed by atoms with Crippen LogP contribution in [0.3, 0.4) is 0 Å². The Kier molecular flexibility index (Phi) is 1.39. The number of rotatable bonds is 0. The second-order valence-electron chi connectivity index (χ2n) is 2.20. The lowest BCUT2D eigenvalue weighted by Crippen LogP contribution is -2.51. The van der Waals surface area contributed by atoms with Gasteiger partial charge in [-0.2, -0.15) is 13.2 Å². The van der Waals surface area contributed by atoms with E-state index in [9.17, 15) is 18.0 Å². The lowest BCUT2D eigenvalue weighted by atomic mass is 10.2. The molecule has 0 fully saturated rings. The fourth-order valence-corrected chi connectivity index (χ4v) is 0.531. The highest BCUT2D eigenvalue weighted by molar-refractivity contribution is 5.76. The lowest BCUT2D eigenvalue weighted by Gasteiger charge is -2.21. The lowest BCUT2D eigenvalue weighted by molar-refractivity contribution is -0.183. The zero-order chi connectivity index (χ0) is 8.70. The molecule has 7 heteroatoms. The van der Waals surface area contributed by atoms with Crippen LogP contribution < -0.4 is 5.32 Å². The molecule has 11 heavy (non-hydrogen) atoms. The van der Waals surface area contributed by atoms with Crippen molar-refractivity contribution in [1.82, 2.24) is 5.32 Å². The second kappa shape index (κ2) is 1.93. The predicted octanol–water partition coefficient (Wildman–Crippen LogP) is 1.44. The number of azo groups is 1. The van der Waals surface area contributed by atoms with Crippen LogP contribution in [0.2, 0.25) is 0 Å². The molecule has 1 N–H and O–H groups in total. The van der Waals surface area contributed by atoms with Crippen LogP contribution in [0.1, 0.15) is 6.92 Å². The highest BCUT2D eigenvalue weighted by Crippen LogP contribution is 2.33. The minimum atomic E-state index is -4.59. The van der Waals surface area contributed by atoms with Crippen molar-refractivity contribution in [3.8, 4) is 0 Å². The quantitative estimate of drug-likeness (QED) is 0.583. The number of nitrogens with one attached hydrogen (secondary N) is 1. The Balaban J connectivity index is 2.88. The van der Waals surface area contributed by atoms with Gasteiger partial charge in [-0.1, -0.05) is 5.11 Å². The van der Waals surface area contributed by atoms with Crippen molar-refractivity contribution in [1.29, 1.82) is 0 Å². The van der Waals surface area contributed by atoms with Gasteiger partial charge in [-0.15, -0.1) is 5.11 Å². The molecule has 1 aliphatic rings. The summed E-state index contributed by atoms with van der Waals surface area (Å²) in [7, 11) is 0. The van der Waals surface area contributed by atoms with Gasteiger partial charge >= 0.3 is 12.2 Å². The van der Waals surface area contributed by atoms with Crippen LogP contribution in [0.15, 0.2) is 10.2 Å². The van der Waals surface area contributed by atoms with Gasteiger partial charge in [0.1, 0.15) is 0 Å². The van der Waals surface area contributed by atoms with Crippen LogP contribution in [0.5, 0.6) is 0 Å². The summed E-state index contributed by atoms with van der Waals surface area (Å²) in [5, 5.41) is 7.04. The Morgan fingerprint density at radius 3 is 2.27 bits per heavy atom. The topological polar surface area (TPSA) is 53.8 Å². The summed E-state index contributed by atoms with van der Waals surface area (Å²) in [6.45, 7) is 0.737. The van der Waals surface area contributed by atoms with Crippen molar-refractivity contribution < 1.29 is 18.0 Å². The standard InChI is InChI=1S/C4H4F3N3O/c1-3(4(5,6)7)8-2(11)9-10-3/h1H3,(H,8,11). The van der Waals surface area contributed by atoms with Gasteiger partial charge in [-0.3, -0.25) is 0 Å². The third-order valence-electron chi connectivity index (χ3n) is 1.24. The number of carbonyl (C=O) groups is 1. The first kappa shape index (κ1) is 7.96. The number of nitrogens with zero attached hydrogens (tertiary/aromatic N) is 2. The van der Waals surface area contributed by atoms with E-state index in [1.165, 1.54) is 0 Å². The van der Waals surface area contributed by atoms with Gasteiger partial charge in [-0.25, -0.2) is 4.79 Å². The largest absolute Gasteiger partial charge is 0.433 e. The van der Waals surface area contributed by atoms with Gasteiger partial charge in [0.2, 0.25) is 5.66 Å². The van der Waals surface area contributed by atoms with E-state index in [1.54, 1.807) is 5.32 Å². The monoisotopic (exact) mass is 167 g/mol. The zero-order valence-corrected chi connectivity index (χ0v) is 5.44. The highest BCUT2D eigenvalue weighted by Gasteiger charge is 2.55. The number of hydrogen-bond donors (Lipinski definition) is 1. The molecule has 0 aromatic rings. The molecule has 2 amide bonds. The van der Waals surface area contributed by atoms with Gasteiger partial charge in [0.15, 0.2) is 0 Å². The van der Waals surface area contributed by atoms with Gasteiger partial charge in [0.25, 0.3) is 0 Å². The normalized spacial score (nSPS) is 30.7. The van der Waals surface area contributed by atoms with Gasteiger partial charge in [0.05, 0.1) is 0 Å². The van der Waals surface area contributed by atoms with Gasteiger partial charge < -0.3 is 5.32 Å². The van der Waals surface area contributed by atoms with Crippen molar-refractivity contribution >= 4 is 6.03 Å². The number of urea groups is 1. The van der Waals surface area contributed by atoms with E-state index >= 15 is 0 Å². The fourth-order valence-electron chi connectivity index (χ4n) is 0.531. The van der Waals surface area contributed by atoms with E-state index in [-0.39, 0.29) is 0 Å². The molecule has 62 valence electrons. The zero-order valence-electron chi connectivity index (χ0n) is 5.44. The number of carbonyl (C=O) groups excluding carboxylic acids is 1. The smallest absolute Gasteiger partial charge is 0.301 e. The summed E-state index contributed by atoms with van der Waals surface area (Å²) >= 11 is 0. The van der Waals surface area contributed by atoms with E-state index in [0.29, 0.717) is 0 Å². The summed E-state index contributed by atoms with van der Waals surface area (Å²) < 4.78 is 35.8. The minimum absolute atomic E-state index is 0.737.